The van der Waals surface area contributed by atoms with Crippen molar-refractivity contribution in [2.45, 2.75) is 57.4 Å². The fourth-order valence-electron chi connectivity index (χ4n) is 4.18. The summed E-state index contributed by atoms with van der Waals surface area (Å²) in [4.78, 5) is 12.8. The van der Waals surface area contributed by atoms with E-state index in [4.69, 9.17) is 4.42 Å². The van der Waals surface area contributed by atoms with E-state index in [1.807, 2.05) is 32.9 Å². The molecule has 0 aliphatic carbocycles. The van der Waals surface area contributed by atoms with Crippen LogP contribution in [0.4, 0.5) is 5.69 Å². The molecule has 0 radical (unpaired) electrons. The van der Waals surface area contributed by atoms with Crippen molar-refractivity contribution in [1.82, 2.24) is 4.31 Å². The zero-order valence-electron chi connectivity index (χ0n) is 18.1. The van der Waals surface area contributed by atoms with Gasteiger partial charge in [0.2, 0.25) is 15.9 Å². The van der Waals surface area contributed by atoms with Crippen LogP contribution in [0.1, 0.15) is 42.9 Å². The molecule has 1 atom stereocenters. The Morgan fingerprint density at radius 1 is 1.13 bits per heavy atom. The number of amides is 1. The van der Waals surface area contributed by atoms with E-state index in [9.17, 15) is 13.2 Å². The van der Waals surface area contributed by atoms with E-state index >= 15 is 0 Å². The summed E-state index contributed by atoms with van der Waals surface area (Å²) in [6.45, 7) is 6.54. The van der Waals surface area contributed by atoms with Crippen LogP contribution in [0.25, 0.3) is 11.0 Å². The Morgan fingerprint density at radius 2 is 1.87 bits per heavy atom. The van der Waals surface area contributed by atoms with Crippen molar-refractivity contribution in [3.8, 4) is 0 Å². The molecule has 1 amide bonds. The highest BCUT2D eigenvalue weighted by molar-refractivity contribution is 7.89. The lowest BCUT2D eigenvalue weighted by molar-refractivity contribution is -0.115. The predicted molar refractivity (Wildman–Crippen MR) is 122 cm³/mol. The van der Waals surface area contributed by atoms with E-state index in [1.165, 1.54) is 0 Å². The number of carbonyl (C=O) groups is 1. The van der Waals surface area contributed by atoms with E-state index in [2.05, 4.69) is 5.32 Å². The van der Waals surface area contributed by atoms with Gasteiger partial charge in [-0.2, -0.15) is 4.31 Å². The van der Waals surface area contributed by atoms with E-state index in [-0.39, 0.29) is 23.3 Å². The first-order valence-electron chi connectivity index (χ1n) is 10.7. The molecular weight excluding hydrogens is 412 g/mol. The third-order valence-corrected chi connectivity index (χ3v) is 8.21. The van der Waals surface area contributed by atoms with Crippen molar-refractivity contribution in [2.24, 2.45) is 0 Å². The summed E-state index contributed by atoms with van der Waals surface area (Å²) in [6.07, 6.45) is 4.64. The lowest BCUT2D eigenvalue weighted by Gasteiger charge is -2.32. The van der Waals surface area contributed by atoms with Crippen LogP contribution in [0.2, 0.25) is 0 Å². The number of nitrogens with zero attached hydrogens (tertiary/aromatic N) is 1. The number of aryl methyl sites for hydroxylation is 2. The Morgan fingerprint density at radius 3 is 2.58 bits per heavy atom. The fourth-order valence-corrected chi connectivity index (χ4v) is 5.88. The van der Waals surface area contributed by atoms with E-state index in [0.29, 0.717) is 12.2 Å². The standard InChI is InChI=1S/C24H28N2O4S/c1-16-7-12-22-19(15-30-24(22)18(16)3)14-23(27)25-20-8-10-21(11-9-20)31(28,29)26-13-5-4-6-17(26)2/h7-12,15,17H,4-6,13-14H2,1-3H3,(H,25,27). The number of anilines is 1. The molecule has 1 unspecified atom stereocenters. The SMILES string of the molecule is Cc1ccc2c(CC(=O)Nc3ccc(S(=O)(=O)N4CCCCC4C)cc3)coc2c1C. The van der Waals surface area contributed by atoms with Gasteiger partial charge < -0.3 is 9.73 Å². The molecule has 1 aliphatic rings. The Labute approximate surface area is 183 Å². The highest BCUT2D eigenvalue weighted by Gasteiger charge is 2.30. The summed E-state index contributed by atoms with van der Waals surface area (Å²) in [7, 11) is -3.52. The highest BCUT2D eigenvalue weighted by atomic mass is 32.2. The summed E-state index contributed by atoms with van der Waals surface area (Å²) < 4.78 is 33.2. The van der Waals surface area contributed by atoms with Crippen LogP contribution in [0, 0.1) is 13.8 Å². The molecule has 0 spiro atoms. The van der Waals surface area contributed by atoms with E-state index in [1.54, 1.807) is 34.8 Å². The van der Waals surface area contributed by atoms with Crippen molar-refractivity contribution in [1.29, 1.82) is 0 Å². The van der Waals surface area contributed by atoms with Crippen molar-refractivity contribution >= 4 is 32.6 Å². The Balaban J connectivity index is 1.46. The minimum atomic E-state index is -3.52. The lowest BCUT2D eigenvalue weighted by atomic mass is 10.0. The van der Waals surface area contributed by atoms with Crippen LogP contribution in [-0.2, 0) is 21.2 Å². The second kappa shape index (κ2) is 8.48. The fraction of sp³-hybridized carbons (Fsp3) is 0.375. The predicted octanol–water partition coefficient (Wildman–Crippen LogP) is 4.79. The van der Waals surface area contributed by atoms with Crippen LogP contribution in [0.15, 0.2) is 52.0 Å². The quantitative estimate of drug-likeness (QED) is 0.618. The molecule has 1 aliphatic heterocycles. The molecule has 6 nitrogen and oxygen atoms in total. The van der Waals surface area contributed by atoms with Crippen LogP contribution in [0.5, 0.6) is 0 Å². The number of sulfonamides is 1. The summed E-state index contributed by atoms with van der Waals surface area (Å²) in [6, 6.07) is 10.4. The smallest absolute Gasteiger partial charge is 0.243 e. The molecule has 164 valence electrons. The second-order valence-electron chi connectivity index (χ2n) is 8.35. The molecule has 31 heavy (non-hydrogen) atoms. The van der Waals surface area contributed by atoms with Gasteiger partial charge in [0, 0.05) is 29.2 Å². The van der Waals surface area contributed by atoms with Crippen molar-refractivity contribution in [3.05, 3.63) is 59.4 Å². The van der Waals surface area contributed by atoms with Gasteiger partial charge in [-0.05, 0) is 69.0 Å². The van der Waals surface area contributed by atoms with Gasteiger partial charge in [-0.25, -0.2) is 8.42 Å². The normalized spacial score (nSPS) is 17.7. The van der Waals surface area contributed by atoms with Crippen molar-refractivity contribution in [3.63, 3.8) is 0 Å². The average Bonchev–Trinajstić information content (AvgIpc) is 3.14. The number of hydrogen-bond acceptors (Lipinski definition) is 4. The van der Waals surface area contributed by atoms with E-state index < -0.39 is 10.0 Å². The number of piperidine rings is 1. The number of fused-ring (bicyclic) bond motifs is 1. The molecule has 7 heteroatoms. The maximum absolute atomic E-state index is 12.9. The highest BCUT2D eigenvalue weighted by Crippen LogP contribution is 2.28. The van der Waals surface area contributed by atoms with Crippen LogP contribution >= 0.6 is 0 Å². The third kappa shape index (κ3) is 4.25. The monoisotopic (exact) mass is 440 g/mol. The second-order valence-corrected chi connectivity index (χ2v) is 10.2. The summed E-state index contributed by atoms with van der Waals surface area (Å²) in [5.41, 5.74) is 4.42. The molecular formula is C24H28N2O4S. The lowest BCUT2D eigenvalue weighted by Crippen LogP contribution is -2.41. The van der Waals surface area contributed by atoms with Gasteiger partial charge in [0.15, 0.2) is 0 Å². The number of carbonyl (C=O) groups excluding carboxylic acids is 1. The van der Waals surface area contributed by atoms with Gasteiger partial charge in [-0.1, -0.05) is 18.6 Å². The van der Waals surface area contributed by atoms with Gasteiger partial charge in [-0.15, -0.1) is 0 Å². The van der Waals surface area contributed by atoms with Gasteiger partial charge in [0.1, 0.15) is 5.58 Å². The Kier molecular flexibility index (Phi) is 5.90. The van der Waals surface area contributed by atoms with Crippen molar-refractivity contribution in [2.75, 3.05) is 11.9 Å². The van der Waals surface area contributed by atoms with Gasteiger partial charge in [-0.3, -0.25) is 4.79 Å². The third-order valence-electron chi connectivity index (χ3n) is 6.18. The number of nitrogens with one attached hydrogen (secondary N) is 1. The molecule has 0 bridgehead atoms. The zero-order chi connectivity index (χ0) is 22.2. The van der Waals surface area contributed by atoms with Gasteiger partial charge in [0.05, 0.1) is 17.6 Å². The molecule has 0 saturated carbocycles. The maximum atomic E-state index is 12.9. The minimum Gasteiger partial charge on any atom is -0.464 e. The van der Waals surface area contributed by atoms with Crippen LogP contribution in [0.3, 0.4) is 0 Å². The Hall–Kier alpha value is -2.64. The molecule has 1 saturated heterocycles. The average molecular weight is 441 g/mol. The molecule has 1 fully saturated rings. The zero-order valence-corrected chi connectivity index (χ0v) is 19.0. The minimum absolute atomic E-state index is 0.00957. The largest absolute Gasteiger partial charge is 0.464 e. The number of benzene rings is 2. The summed E-state index contributed by atoms with van der Waals surface area (Å²) in [5, 5.41) is 3.79. The molecule has 2 heterocycles. The van der Waals surface area contributed by atoms with E-state index in [0.717, 1.165) is 46.9 Å². The first kappa shape index (κ1) is 21.6. The van der Waals surface area contributed by atoms with Crippen LogP contribution < -0.4 is 5.32 Å². The summed E-state index contributed by atoms with van der Waals surface area (Å²) in [5.74, 6) is -0.179. The Bertz CT molecular complexity index is 1210. The maximum Gasteiger partial charge on any atom is 0.243 e. The van der Waals surface area contributed by atoms with Crippen molar-refractivity contribution < 1.29 is 17.6 Å². The summed E-state index contributed by atoms with van der Waals surface area (Å²) >= 11 is 0. The molecule has 3 aromatic rings. The molecule has 1 N–H and O–H groups in total. The first-order chi connectivity index (χ1) is 14.8. The van der Waals surface area contributed by atoms with Crippen LogP contribution in [-0.4, -0.2) is 31.2 Å². The number of rotatable bonds is 5. The molecule has 4 rings (SSSR count). The first-order valence-corrected chi connectivity index (χ1v) is 12.1. The number of furan rings is 1. The molecule has 1 aromatic heterocycles. The molecule has 2 aromatic carbocycles. The van der Waals surface area contributed by atoms with Gasteiger partial charge >= 0.3 is 0 Å². The van der Waals surface area contributed by atoms with Gasteiger partial charge in [0.25, 0.3) is 0 Å². The topological polar surface area (TPSA) is 79.6 Å². The number of hydrogen-bond donors (Lipinski definition) is 1.